The number of hydrogen-bond donors (Lipinski definition) is 0. The molecule has 0 aromatic heterocycles. The van der Waals surface area contributed by atoms with Crippen LogP contribution in [-0.4, -0.2) is 19.5 Å². The van der Waals surface area contributed by atoms with E-state index in [4.69, 9.17) is 0 Å². The fourth-order valence-corrected chi connectivity index (χ4v) is 1.29. The van der Waals surface area contributed by atoms with Crippen molar-refractivity contribution in [3.8, 4) is 0 Å². The Morgan fingerprint density at radius 2 is 1.93 bits per heavy atom. The molecule has 2 nitrogen and oxygen atoms in total. The Balaban J connectivity index is 2.72. The lowest BCUT2D eigenvalue weighted by molar-refractivity contribution is -0.150. The van der Waals surface area contributed by atoms with Gasteiger partial charge in [-0.3, -0.25) is 4.79 Å². The van der Waals surface area contributed by atoms with E-state index in [9.17, 15) is 13.6 Å². The normalized spacial score (nSPS) is 12.5. The molecular weight excluding hydrogens is 202 g/mol. The van der Waals surface area contributed by atoms with Crippen LogP contribution in [0.15, 0.2) is 30.3 Å². The minimum absolute atomic E-state index is 0.00514. The molecule has 0 aliphatic rings. The van der Waals surface area contributed by atoms with Gasteiger partial charge in [0.25, 0.3) is 6.43 Å². The van der Waals surface area contributed by atoms with Gasteiger partial charge in [-0.2, -0.15) is 0 Å². The Morgan fingerprint density at radius 1 is 1.33 bits per heavy atom. The topological polar surface area (TPSA) is 26.3 Å². The summed E-state index contributed by atoms with van der Waals surface area (Å²) in [5.41, 5.74) is 0.702. The Bertz CT molecular complexity index is 312. The maximum absolute atomic E-state index is 12.5. The fraction of sp³-hybridized carbons (Fsp3) is 0.364. The van der Waals surface area contributed by atoms with Gasteiger partial charge in [0.05, 0.1) is 7.11 Å². The average molecular weight is 214 g/mol. The van der Waals surface area contributed by atoms with E-state index in [1.807, 2.05) is 0 Å². The second-order valence-corrected chi connectivity index (χ2v) is 3.15. The molecule has 0 saturated heterocycles. The second kappa shape index (κ2) is 5.44. The SMILES string of the molecule is COC(=O)C(Cc1ccccc1)C(F)F. The first kappa shape index (κ1) is 11.6. The first-order chi connectivity index (χ1) is 7.15. The zero-order valence-electron chi connectivity index (χ0n) is 8.32. The molecule has 1 unspecified atom stereocenters. The highest BCUT2D eigenvalue weighted by molar-refractivity contribution is 5.73. The number of rotatable bonds is 4. The van der Waals surface area contributed by atoms with E-state index in [2.05, 4.69) is 4.74 Å². The van der Waals surface area contributed by atoms with Crippen LogP contribution >= 0.6 is 0 Å². The molecule has 0 bridgehead atoms. The number of methoxy groups -OCH3 is 1. The van der Waals surface area contributed by atoms with Gasteiger partial charge in [-0.25, -0.2) is 8.78 Å². The maximum Gasteiger partial charge on any atom is 0.314 e. The van der Waals surface area contributed by atoms with E-state index in [-0.39, 0.29) is 6.42 Å². The Hall–Kier alpha value is -1.45. The molecule has 1 aromatic carbocycles. The number of benzene rings is 1. The summed E-state index contributed by atoms with van der Waals surface area (Å²) in [6.07, 6.45) is -2.69. The van der Waals surface area contributed by atoms with Crippen LogP contribution in [0.2, 0.25) is 0 Å². The van der Waals surface area contributed by atoms with Crippen LogP contribution < -0.4 is 0 Å². The van der Waals surface area contributed by atoms with Crippen molar-refractivity contribution in [3.05, 3.63) is 35.9 Å². The van der Waals surface area contributed by atoms with Gasteiger partial charge in [0, 0.05) is 0 Å². The van der Waals surface area contributed by atoms with Crippen LogP contribution in [0.4, 0.5) is 8.78 Å². The highest BCUT2D eigenvalue weighted by Gasteiger charge is 2.29. The van der Waals surface area contributed by atoms with Gasteiger partial charge in [0.1, 0.15) is 5.92 Å². The minimum atomic E-state index is -2.70. The molecule has 15 heavy (non-hydrogen) atoms. The Morgan fingerprint density at radius 3 is 2.40 bits per heavy atom. The number of carbonyl (C=O) groups excluding carboxylic acids is 1. The lowest BCUT2D eigenvalue weighted by Crippen LogP contribution is -2.25. The van der Waals surface area contributed by atoms with Crippen molar-refractivity contribution in [2.75, 3.05) is 7.11 Å². The summed E-state index contributed by atoms with van der Waals surface area (Å²) >= 11 is 0. The van der Waals surface area contributed by atoms with Crippen molar-refractivity contribution >= 4 is 5.97 Å². The highest BCUT2D eigenvalue weighted by atomic mass is 19.3. The van der Waals surface area contributed by atoms with Crippen LogP contribution in [-0.2, 0) is 16.0 Å². The fourth-order valence-electron chi connectivity index (χ4n) is 1.29. The summed E-state index contributed by atoms with van der Waals surface area (Å²) < 4.78 is 29.4. The summed E-state index contributed by atoms with van der Waals surface area (Å²) in [6, 6.07) is 8.69. The first-order valence-corrected chi connectivity index (χ1v) is 4.55. The predicted octanol–water partition coefficient (Wildman–Crippen LogP) is 2.28. The van der Waals surface area contributed by atoms with E-state index in [1.54, 1.807) is 30.3 Å². The molecule has 1 aromatic rings. The summed E-state index contributed by atoms with van der Waals surface area (Å²) in [4.78, 5) is 11.1. The molecule has 0 N–H and O–H groups in total. The summed E-state index contributed by atoms with van der Waals surface area (Å²) in [5, 5.41) is 0. The molecule has 1 rings (SSSR count). The predicted molar refractivity (Wildman–Crippen MR) is 51.7 cm³/mol. The van der Waals surface area contributed by atoms with Crippen molar-refractivity contribution in [1.29, 1.82) is 0 Å². The second-order valence-electron chi connectivity index (χ2n) is 3.15. The number of ether oxygens (including phenoxy) is 1. The number of alkyl halides is 2. The molecular formula is C11H12F2O2. The van der Waals surface area contributed by atoms with E-state index >= 15 is 0 Å². The molecule has 0 radical (unpaired) electrons. The summed E-state index contributed by atoms with van der Waals surface area (Å²) in [5.74, 6) is -2.24. The number of hydrogen-bond acceptors (Lipinski definition) is 2. The molecule has 0 saturated carbocycles. The van der Waals surface area contributed by atoms with Gasteiger partial charge >= 0.3 is 5.97 Å². The lowest BCUT2D eigenvalue weighted by atomic mass is 10.00. The highest BCUT2D eigenvalue weighted by Crippen LogP contribution is 2.17. The lowest BCUT2D eigenvalue weighted by Gasteiger charge is -2.13. The van der Waals surface area contributed by atoms with Crippen molar-refractivity contribution < 1.29 is 18.3 Å². The monoisotopic (exact) mass is 214 g/mol. The molecule has 0 spiro atoms. The van der Waals surface area contributed by atoms with E-state index in [1.165, 1.54) is 0 Å². The third-order valence-corrected chi connectivity index (χ3v) is 2.11. The quantitative estimate of drug-likeness (QED) is 0.719. The molecule has 82 valence electrons. The number of halogens is 2. The summed E-state index contributed by atoms with van der Waals surface area (Å²) in [6.45, 7) is 0. The van der Waals surface area contributed by atoms with Crippen molar-refractivity contribution in [1.82, 2.24) is 0 Å². The minimum Gasteiger partial charge on any atom is -0.469 e. The van der Waals surface area contributed by atoms with Crippen molar-refractivity contribution in [2.45, 2.75) is 12.8 Å². The zero-order valence-corrected chi connectivity index (χ0v) is 8.32. The largest absolute Gasteiger partial charge is 0.469 e. The van der Waals surface area contributed by atoms with Crippen LogP contribution in [0, 0.1) is 5.92 Å². The van der Waals surface area contributed by atoms with Crippen LogP contribution in [0.5, 0.6) is 0 Å². The number of carbonyl (C=O) groups is 1. The van der Waals surface area contributed by atoms with Crippen LogP contribution in [0.25, 0.3) is 0 Å². The summed E-state index contributed by atoms with van der Waals surface area (Å²) in [7, 11) is 1.11. The van der Waals surface area contributed by atoms with E-state index in [0.29, 0.717) is 5.56 Å². The smallest absolute Gasteiger partial charge is 0.314 e. The van der Waals surface area contributed by atoms with Crippen molar-refractivity contribution in [3.63, 3.8) is 0 Å². The van der Waals surface area contributed by atoms with Crippen LogP contribution in [0.1, 0.15) is 5.56 Å². The molecule has 0 aliphatic carbocycles. The van der Waals surface area contributed by atoms with Gasteiger partial charge in [0.2, 0.25) is 0 Å². The molecule has 1 atom stereocenters. The number of esters is 1. The third kappa shape index (κ3) is 3.31. The van der Waals surface area contributed by atoms with Gasteiger partial charge in [-0.15, -0.1) is 0 Å². The van der Waals surface area contributed by atoms with Gasteiger partial charge in [0.15, 0.2) is 0 Å². The molecule has 0 heterocycles. The molecule has 4 heteroatoms. The van der Waals surface area contributed by atoms with E-state index in [0.717, 1.165) is 7.11 Å². The zero-order chi connectivity index (χ0) is 11.3. The molecule has 0 amide bonds. The average Bonchev–Trinajstić information content (AvgIpc) is 2.26. The third-order valence-electron chi connectivity index (χ3n) is 2.11. The molecule has 0 fully saturated rings. The standard InChI is InChI=1S/C11H12F2O2/c1-15-11(14)9(10(12)13)7-8-5-3-2-4-6-8/h2-6,9-10H,7H2,1H3. The van der Waals surface area contributed by atoms with Crippen molar-refractivity contribution in [2.24, 2.45) is 5.92 Å². The Labute approximate surface area is 86.9 Å². The van der Waals surface area contributed by atoms with Crippen LogP contribution in [0.3, 0.4) is 0 Å². The Kier molecular flexibility index (Phi) is 4.21. The van der Waals surface area contributed by atoms with E-state index < -0.39 is 18.3 Å². The first-order valence-electron chi connectivity index (χ1n) is 4.55. The van der Waals surface area contributed by atoms with Gasteiger partial charge in [-0.05, 0) is 12.0 Å². The van der Waals surface area contributed by atoms with Gasteiger partial charge in [-0.1, -0.05) is 30.3 Å². The molecule has 0 aliphatic heterocycles. The maximum atomic E-state index is 12.5. The van der Waals surface area contributed by atoms with Gasteiger partial charge < -0.3 is 4.74 Å².